The first-order valence-corrected chi connectivity index (χ1v) is 7.34. The van der Waals surface area contributed by atoms with Crippen molar-refractivity contribution in [3.8, 4) is 11.4 Å². The number of carbonyl (C=O) groups is 1. The van der Waals surface area contributed by atoms with Gasteiger partial charge in [-0.05, 0) is 36.2 Å². The molecule has 2 aromatic carbocycles. The van der Waals surface area contributed by atoms with E-state index in [2.05, 4.69) is 11.5 Å². The molecular formula is C17H15ClN2O. The van der Waals surface area contributed by atoms with Gasteiger partial charge < -0.3 is 4.57 Å². The molecule has 1 aromatic heterocycles. The summed E-state index contributed by atoms with van der Waals surface area (Å²) in [6, 6.07) is 15.5. The lowest BCUT2D eigenvalue weighted by Gasteiger charge is -2.07. The predicted octanol–water partition coefficient (Wildman–Crippen LogP) is 4.49. The molecule has 0 aliphatic rings. The molecule has 0 aliphatic carbocycles. The predicted molar refractivity (Wildman–Crippen MR) is 85.6 cm³/mol. The summed E-state index contributed by atoms with van der Waals surface area (Å²) in [6.07, 6.45) is 1.02. The molecule has 3 aromatic rings. The molecule has 0 aliphatic heterocycles. The number of aryl methyl sites for hydroxylation is 1. The van der Waals surface area contributed by atoms with Crippen LogP contribution in [-0.4, -0.2) is 14.8 Å². The number of hydrogen-bond donors (Lipinski definition) is 0. The first kappa shape index (κ1) is 13.8. The Labute approximate surface area is 128 Å². The molecule has 3 nitrogen and oxygen atoms in total. The fourth-order valence-electron chi connectivity index (χ4n) is 2.51. The Morgan fingerprint density at radius 2 is 1.95 bits per heavy atom. The molecule has 106 valence electrons. The van der Waals surface area contributed by atoms with Crippen molar-refractivity contribution in [1.29, 1.82) is 0 Å². The third-order valence-electron chi connectivity index (χ3n) is 3.45. The van der Waals surface area contributed by atoms with Crippen molar-refractivity contribution in [3.63, 3.8) is 0 Å². The first-order valence-electron chi connectivity index (χ1n) is 6.96. The number of hydrogen-bond acceptors (Lipinski definition) is 2. The lowest BCUT2D eigenvalue weighted by Crippen LogP contribution is -1.99. The second-order valence-corrected chi connectivity index (χ2v) is 5.27. The second kappa shape index (κ2) is 5.70. The molecule has 0 fully saturated rings. The number of halogens is 1. The third-order valence-corrected chi connectivity index (χ3v) is 3.67. The van der Waals surface area contributed by atoms with Crippen molar-refractivity contribution in [2.45, 2.75) is 19.9 Å². The Morgan fingerprint density at radius 1 is 1.19 bits per heavy atom. The summed E-state index contributed by atoms with van der Waals surface area (Å²) >= 11 is 5.55. The van der Waals surface area contributed by atoms with Crippen LogP contribution in [0.15, 0.2) is 48.5 Å². The maximum Gasteiger partial charge on any atom is 0.252 e. The summed E-state index contributed by atoms with van der Waals surface area (Å²) in [5, 5.41) is -0.455. The van der Waals surface area contributed by atoms with E-state index in [0.29, 0.717) is 5.56 Å². The van der Waals surface area contributed by atoms with Crippen LogP contribution in [-0.2, 0) is 6.54 Å². The van der Waals surface area contributed by atoms with Crippen LogP contribution in [0.1, 0.15) is 23.7 Å². The number of imidazole rings is 1. The van der Waals surface area contributed by atoms with Crippen LogP contribution in [0.4, 0.5) is 0 Å². The molecule has 0 amide bonds. The minimum atomic E-state index is -0.455. The van der Waals surface area contributed by atoms with E-state index in [-0.39, 0.29) is 0 Å². The quantitative estimate of drug-likeness (QED) is 0.665. The first-order chi connectivity index (χ1) is 10.2. The molecule has 0 radical (unpaired) electrons. The van der Waals surface area contributed by atoms with E-state index in [1.165, 1.54) is 0 Å². The van der Waals surface area contributed by atoms with E-state index in [0.717, 1.165) is 35.4 Å². The van der Waals surface area contributed by atoms with Crippen molar-refractivity contribution in [1.82, 2.24) is 9.55 Å². The number of rotatable bonds is 4. The number of fused-ring (bicyclic) bond motifs is 1. The van der Waals surface area contributed by atoms with Gasteiger partial charge in [0.2, 0.25) is 0 Å². The van der Waals surface area contributed by atoms with Gasteiger partial charge in [0.05, 0.1) is 11.0 Å². The van der Waals surface area contributed by atoms with Crippen LogP contribution in [0.2, 0.25) is 0 Å². The lowest BCUT2D eigenvalue weighted by molar-refractivity contribution is 0.108. The molecule has 0 bridgehead atoms. The molecule has 0 saturated carbocycles. The summed E-state index contributed by atoms with van der Waals surface area (Å²) in [7, 11) is 0. The van der Waals surface area contributed by atoms with Gasteiger partial charge in [-0.3, -0.25) is 4.79 Å². The fourth-order valence-corrected chi connectivity index (χ4v) is 2.63. The number of aromatic nitrogens is 2. The molecule has 4 heteroatoms. The minimum Gasteiger partial charge on any atom is -0.324 e. The fraction of sp³-hybridized carbons (Fsp3) is 0.176. The maximum absolute atomic E-state index is 11.3. The molecule has 21 heavy (non-hydrogen) atoms. The summed E-state index contributed by atoms with van der Waals surface area (Å²) in [4.78, 5) is 16.0. The van der Waals surface area contributed by atoms with E-state index >= 15 is 0 Å². The van der Waals surface area contributed by atoms with Gasteiger partial charge in [0.15, 0.2) is 0 Å². The van der Waals surface area contributed by atoms with Gasteiger partial charge in [-0.1, -0.05) is 37.3 Å². The lowest BCUT2D eigenvalue weighted by atomic mass is 10.2. The van der Waals surface area contributed by atoms with Crippen LogP contribution in [0, 0.1) is 0 Å². The summed E-state index contributed by atoms with van der Waals surface area (Å²) in [5.74, 6) is 0.923. The monoisotopic (exact) mass is 298 g/mol. The van der Waals surface area contributed by atoms with Gasteiger partial charge >= 0.3 is 0 Å². The molecule has 0 N–H and O–H groups in total. The van der Waals surface area contributed by atoms with Gasteiger partial charge in [0.1, 0.15) is 5.82 Å². The summed E-state index contributed by atoms with van der Waals surface area (Å²) < 4.78 is 2.19. The zero-order valence-electron chi connectivity index (χ0n) is 11.7. The average Bonchev–Trinajstić information content (AvgIpc) is 2.86. The zero-order chi connectivity index (χ0) is 14.8. The van der Waals surface area contributed by atoms with E-state index in [1.54, 1.807) is 12.1 Å². The highest BCUT2D eigenvalue weighted by Crippen LogP contribution is 2.26. The Bertz CT molecular complexity index is 793. The normalized spacial score (nSPS) is 11.0. The van der Waals surface area contributed by atoms with Gasteiger partial charge in [0, 0.05) is 17.7 Å². The average molecular weight is 299 g/mol. The second-order valence-electron chi connectivity index (χ2n) is 4.93. The Balaban J connectivity index is 2.23. The number of carbonyl (C=O) groups excluding carboxylic acids is 1. The topological polar surface area (TPSA) is 34.9 Å². The summed E-state index contributed by atoms with van der Waals surface area (Å²) in [6.45, 7) is 3.02. The maximum atomic E-state index is 11.3. The molecule has 1 heterocycles. The van der Waals surface area contributed by atoms with Gasteiger partial charge in [0.25, 0.3) is 5.24 Å². The molecule has 3 rings (SSSR count). The Hall–Kier alpha value is -2.13. The van der Waals surface area contributed by atoms with Crippen LogP contribution in [0.3, 0.4) is 0 Å². The van der Waals surface area contributed by atoms with E-state index in [1.807, 2.05) is 36.4 Å². The highest BCUT2D eigenvalue weighted by atomic mass is 35.5. The van der Waals surface area contributed by atoms with Crippen molar-refractivity contribution in [3.05, 3.63) is 54.1 Å². The van der Waals surface area contributed by atoms with Crippen molar-refractivity contribution < 1.29 is 4.79 Å². The van der Waals surface area contributed by atoms with Crippen molar-refractivity contribution in [2.75, 3.05) is 0 Å². The van der Waals surface area contributed by atoms with Crippen molar-refractivity contribution in [2.24, 2.45) is 0 Å². The van der Waals surface area contributed by atoms with Crippen LogP contribution >= 0.6 is 11.6 Å². The molecule has 0 saturated heterocycles. The van der Waals surface area contributed by atoms with Crippen LogP contribution in [0.25, 0.3) is 22.4 Å². The standard InChI is InChI=1S/C17H15ClN2O/c1-2-10-20-15-9-8-13(16(18)21)11-14(15)19-17(20)12-6-4-3-5-7-12/h3-9,11H,2,10H2,1H3. The van der Waals surface area contributed by atoms with Gasteiger partial charge in [-0.25, -0.2) is 4.98 Å². The third kappa shape index (κ3) is 2.57. The van der Waals surface area contributed by atoms with Crippen molar-refractivity contribution >= 4 is 27.9 Å². The van der Waals surface area contributed by atoms with E-state index in [9.17, 15) is 4.79 Å². The van der Waals surface area contributed by atoms with Gasteiger partial charge in [-0.2, -0.15) is 0 Å². The smallest absolute Gasteiger partial charge is 0.252 e. The zero-order valence-corrected chi connectivity index (χ0v) is 12.5. The molecule has 0 spiro atoms. The molecule has 0 unspecified atom stereocenters. The Morgan fingerprint density at radius 3 is 2.62 bits per heavy atom. The van der Waals surface area contributed by atoms with Crippen LogP contribution < -0.4 is 0 Å². The van der Waals surface area contributed by atoms with Gasteiger partial charge in [-0.15, -0.1) is 0 Å². The molecular weight excluding hydrogens is 284 g/mol. The number of nitrogens with zero attached hydrogens (tertiary/aromatic N) is 2. The van der Waals surface area contributed by atoms with E-state index < -0.39 is 5.24 Å². The van der Waals surface area contributed by atoms with E-state index in [4.69, 9.17) is 16.6 Å². The SMILES string of the molecule is CCCn1c(-c2ccccc2)nc2cc(C(=O)Cl)ccc21. The largest absolute Gasteiger partial charge is 0.324 e. The molecule has 0 atom stereocenters. The highest BCUT2D eigenvalue weighted by molar-refractivity contribution is 6.67. The Kier molecular flexibility index (Phi) is 3.76. The summed E-state index contributed by atoms with van der Waals surface area (Å²) in [5.41, 5.74) is 3.37. The highest BCUT2D eigenvalue weighted by Gasteiger charge is 2.13. The minimum absolute atomic E-state index is 0.455. The van der Waals surface area contributed by atoms with Crippen LogP contribution in [0.5, 0.6) is 0 Å². The number of benzene rings is 2.